The Balaban J connectivity index is 1.71. The zero-order chi connectivity index (χ0) is 19.1. The van der Waals surface area contributed by atoms with Gasteiger partial charge in [0.05, 0.1) is 4.90 Å². The topological polar surface area (TPSA) is 78.5 Å². The van der Waals surface area contributed by atoms with Crippen LogP contribution in [0, 0.1) is 0 Å². The van der Waals surface area contributed by atoms with Crippen molar-refractivity contribution >= 4 is 15.9 Å². The van der Waals surface area contributed by atoms with E-state index in [4.69, 9.17) is 0 Å². The molecule has 1 aromatic rings. The molecule has 3 rings (SSSR count). The Labute approximate surface area is 156 Å². The van der Waals surface area contributed by atoms with Gasteiger partial charge in [-0.15, -0.1) is 0 Å². The van der Waals surface area contributed by atoms with Gasteiger partial charge in [-0.1, -0.05) is 0 Å². The predicted octanol–water partition coefficient (Wildman–Crippen LogP) is 2.12. The highest BCUT2D eigenvalue weighted by atomic mass is 32.2. The molecule has 2 aliphatic heterocycles. The summed E-state index contributed by atoms with van der Waals surface area (Å²) in [5.74, 6) is -0.0518. The highest BCUT2D eigenvalue weighted by Gasteiger charge is 2.36. The molecule has 1 amide bonds. The number of sulfonamides is 1. The van der Waals surface area contributed by atoms with E-state index in [2.05, 4.69) is 10.0 Å². The number of amides is 1. The van der Waals surface area contributed by atoms with Crippen LogP contribution in [0.15, 0.2) is 29.2 Å². The number of fused-ring (bicyclic) bond motifs is 2. The summed E-state index contributed by atoms with van der Waals surface area (Å²) < 4.78 is 27.4. The molecule has 2 atom stereocenters. The smallest absolute Gasteiger partial charge is 0.253 e. The summed E-state index contributed by atoms with van der Waals surface area (Å²) in [5, 5.41) is 3.58. The molecule has 2 N–H and O–H groups in total. The molecule has 0 aliphatic carbocycles. The minimum absolute atomic E-state index is 0.0518. The van der Waals surface area contributed by atoms with Crippen molar-refractivity contribution in [2.24, 2.45) is 0 Å². The number of carbonyl (C=O) groups excluding carboxylic acids is 1. The van der Waals surface area contributed by atoms with Crippen molar-refractivity contribution in [1.82, 2.24) is 14.9 Å². The highest BCUT2D eigenvalue weighted by Crippen LogP contribution is 2.30. The number of hydrogen-bond donors (Lipinski definition) is 2. The molecule has 0 spiro atoms. The van der Waals surface area contributed by atoms with E-state index in [1.165, 1.54) is 25.0 Å². The molecule has 2 unspecified atom stereocenters. The van der Waals surface area contributed by atoms with Crippen molar-refractivity contribution < 1.29 is 13.2 Å². The quantitative estimate of drug-likeness (QED) is 0.840. The van der Waals surface area contributed by atoms with Crippen LogP contribution in [0.5, 0.6) is 0 Å². The van der Waals surface area contributed by atoms with Gasteiger partial charge in [0.15, 0.2) is 0 Å². The number of hydrogen-bond acceptors (Lipinski definition) is 4. The van der Waals surface area contributed by atoms with E-state index in [9.17, 15) is 13.2 Å². The van der Waals surface area contributed by atoms with Crippen molar-refractivity contribution in [3.63, 3.8) is 0 Å². The van der Waals surface area contributed by atoms with Gasteiger partial charge in [-0.05, 0) is 70.7 Å². The Morgan fingerprint density at radius 3 is 2.15 bits per heavy atom. The first-order valence-corrected chi connectivity index (χ1v) is 10.7. The zero-order valence-corrected chi connectivity index (χ0v) is 16.8. The van der Waals surface area contributed by atoms with E-state index < -0.39 is 15.6 Å². The number of benzene rings is 1. The molecule has 2 bridgehead atoms. The third kappa shape index (κ3) is 4.27. The van der Waals surface area contributed by atoms with Crippen LogP contribution in [0.1, 0.15) is 56.8 Å². The van der Waals surface area contributed by atoms with E-state index in [1.54, 1.807) is 32.9 Å². The molecule has 0 saturated carbocycles. The minimum Gasteiger partial charge on any atom is -0.339 e. The lowest BCUT2D eigenvalue weighted by Crippen LogP contribution is -2.48. The van der Waals surface area contributed by atoms with Crippen LogP contribution < -0.4 is 10.0 Å². The lowest BCUT2D eigenvalue weighted by atomic mass is 9.98. The van der Waals surface area contributed by atoms with E-state index >= 15 is 0 Å². The molecule has 2 aliphatic rings. The molecule has 0 aromatic heterocycles. The molecule has 26 heavy (non-hydrogen) atoms. The van der Waals surface area contributed by atoms with Crippen molar-refractivity contribution in [3.8, 4) is 0 Å². The summed E-state index contributed by atoms with van der Waals surface area (Å²) >= 11 is 0. The monoisotopic (exact) mass is 379 g/mol. The fourth-order valence-electron chi connectivity index (χ4n) is 3.95. The lowest BCUT2D eigenvalue weighted by Gasteiger charge is -2.35. The molecule has 1 aromatic carbocycles. The zero-order valence-electron chi connectivity index (χ0n) is 16.0. The van der Waals surface area contributed by atoms with Gasteiger partial charge < -0.3 is 10.2 Å². The third-order valence-corrected chi connectivity index (χ3v) is 6.94. The Bertz CT molecular complexity index is 756. The van der Waals surface area contributed by atoms with E-state index in [0.29, 0.717) is 17.6 Å². The third-order valence-electron chi connectivity index (χ3n) is 5.17. The summed E-state index contributed by atoms with van der Waals surface area (Å²) in [4.78, 5) is 14.8. The Hall–Kier alpha value is -1.44. The average Bonchev–Trinajstić information content (AvgIpc) is 2.89. The fourth-order valence-corrected chi connectivity index (χ4v) is 5.37. The van der Waals surface area contributed by atoms with Gasteiger partial charge in [-0.2, -0.15) is 0 Å². The van der Waals surface area contributed by atoms with Crippen molar-refractivity contribution in [2.75, 3.05) is 7.05 Å². The second kappa shape index (κ2) is 6.94. The molecule has 2 heterocycles. The normalized spacial score (nSPS) is 25.9. The summed E-state index contributed by atoms with van der Waals surface area (Å²) in [6.07, 6.45) is 4.36. The number of rotatable bonds is 4. The molecule has 7 heteroatoms. The van der Waals surface area contributed by atoms with Gasteiger partial charge in [0.25, 0.3) is 5.91 Å². The van der Waals surface area contributed by atoms with Crippen LogP contribution >= 0.6 is 0 Å². The Morgan fingerprint density at radius 2 is 1.65 bits per heavy atom. The average molecular weight is 380 g/mol. The minimum atomic E-state index is -3.59. The Morgan fingerprint density at radius 1 is 1.12 bits per heavy atom. The summed E-state index contributed by atoms with van der Waals surface area (Å²) in [7, 11) is -1.74. The first kappa shape index (κ1) is 19.3. The molecule has 144 valence electrons. The van der Waals surface area contributed by atoms with Crippen LogP contribution in [-0.2, 0) is 10.0 Å². The predicted molar refractivity (Wildman–Crippen MR) is 102 cm³/mol. The molecule has 0 radical (unpaired) electrons. The van der Waals surface area contributed by atoms with Gasteiger partial charge in [-0.25, -0.2) is 13.1 Å². The second-order valence-corrected chi connectivity index (χ2v) is 10.2. The van der Waals surface area contributed by atoms with Gasteiger partial charge in [0.2, 0.25) is 10.0 Å². The van der Waals surface area contributed by atoms with Crippen LogP contribution in [0.4, 0.5) is 0 Å². The molecular formula is C19H29N3O3S. The van der Waals surface area contributed by atoms with E-state index in [1.807, 2.05) is 11.9 Å². The number of carbonyl (C=O) groups is 1. The number of nitrogens with one attached hydrogen (secondary N) is 2. The summed E-state index contributed by atoms with van der Waals surface area (Å²) in [6, 6.07) is 7.49. The summed E-state index contributed by atoms with van der Waals surface area (Å²) in [6.45, 7) is 5.39. The second-order valence-electron chi connectivity index (χ2n) is 8.56. The van der Waals surface area contributed by atoms with Crippen LogP contribution in [0.2, 0.25) is 0 Å². The van der Waals surface area contributed by atoms with E-state index in [-0.39, 0.29) is 16.8 Å². The fraction of sp³-hybridized carbons (Fsp3) is 0.632. The standard InChI is InChI=1S/C19H29N3O3S/c1-19(2,3)21-26(24,25)17-9-5-13(6-10-17)18(23)22(4)16-11-14-7-8-15(12-16)20-14/h5-6,9-10,14-16,20-21H,7-8,11-12H2,1-4H3. The van der Waals surface area contributed by atoms with E-state index in [0.717, 1.165) is 12.8 Å². The van der Waals surface area contributed by atoms with Crippen molar-refractivity contribution in [2.45, 2.75) is 75.0 Å². The Kier molecular flexibility index (Phi) is 5.16. The maximum absolute atomic E-state index is 12.8. The number of nitrogens with zero attached hydrogens (tertiary/aromatic N) is 1. The van der Waals surface area contributed by atoms with Crippen molar-refractivity contribution in [3.05, 3.63) is 29.8 Å². The van der Waals surface area contributed by atoms with Crippen LogP contribution in [0.25, 0.3) is 0 Å². The van der Waals surface area contributed by atoms with Gasteiger partial charge in [0, 0.05) is 36.3 Å². The van der Waals surface area contributed by atoms with Gasteiger partial charge in [0.1, 0.15) is 0 Å². The largest absolute Gasteiger partial charge is 0.339 e. The first-order chi connectivity index (χ1) is 12.0. The van der Waals surface area contributed by atoms with Crippen LogP contribution in [-0.4, -0.2) is 49.9 Å². The number of piperidine rings is 1. The van der Waals surface area contributed by atoms with Gasteiger partial charge in [-0.3, -0.25) is 4.79 Å². The van der Waals surface area contributed by atoms with Gasteiger partial charge >= 0.3 is 0 Å². The lowest BCUT2D eigenvalue weighted by molar-refractivity contribution is 0.0681. The molecular weight excluding hydrogens is 350 g/mol. The highest BCUT2D eigenvalue weighted by molar-refractivity contribution is 7.89. The first-order valence-electron chi connectivity index (χ1n) is 9.22. The van der Waals surface area contributed by atoms with Crippen molar-refractivity contribution in [1.29, 1.82) is 0 Å². The maximum atomic E-state index is 12.8. The molecule has 2 saturated heterocycles. The van der Waals surface area contributed by atoms with Crippen LogP contribution in [0.3, 0.4) is 0 Å². The molecule has 2 fully saturated rings. The SMILES string of the molecule is CN(C(=O)c1ccc(S(=O)(=O)NC(C)(C)C)cc1)C1CC2CCC(C1)N2. The molecule has 6 nitrogen and oxygen atoms in total. The summed E-state index contributed by atoms with van der Waals surface area (Å²) in [5.41, 5.74) is -0.0323. The maximum Gasteiger partial charge on any atom is 0.253 e.